The molecule has 0 amide bonds. The molecule has 5 nitrogen and oxygen atoms in total. The minimum absolute atomic E-state index is 0.0626. The summed E-state index contributed by atoms with van der Waals surface area (Å²) >= 11 is 0. The first-order valence-corrected chi connectivity index (χ1v) is 7.19. The average Bonchev–Trinajstić information content (AvgIpc) is 2.98. The molecule has 0 radical (unpaired) electrons. The summed E-state index contributed by atoms with van der Waals surface area (Å²) in [6, 6.07) is 13.6. The molecule has 2 aromatic carbocycles. The molecular formula is C18H14FNO4. The van der Waals surface area contributed by atoms with E-state index in [1.54, 1.807) is 6.07 Å². The summed E-state index contributed by atoms with van der Waals surface area (Å²) in [4.78, 5) is 15.2. The minimum atomic E-state index is -1.05. The monoisotopic (exact) mass is 327 g/mol. The van der Waals surface area contributed by atoms with Crippen molar-refractivity contribution in [2.24, 2.45) is 0 Å². The molecular weight excluding hydrogens is 313 g/mol. The van der Waals surface area contributed by atoms with Gasteiger partial charge < -0.3 is 14.3 Å². The Hall–Kier alpha value is -3.15. The van der Waals surface area contributed by atoms with Crippen molar-refractivity contribution in [3.05, 3.63) is 60.2 Å². The van der Waals surface area contributed by atoms with E-state index in [9.17, 15) is 9.18 Å². The van der Waals surface area contributed by atoms with E-state index in [1.165, 1.54) is 19.2 Å². The summed E-state index contributed by atoms with van der Waals surface area (Å²) in [5.41, 5.74) is 1.68. The Balaban J connectivity index is 2.13. The Morgan fingerprint density at radius 1 is 1.21 bits per heavy atom. The van der Waals surface area contributed by atoms with Gasteiger partial charge in [0.05, 0.1) is 7.11 Å². The highest BCUT2D eigenvalue weighted by Gasteiger charge is 2.19. The Bertz CT molecular complexity index is 874. The van der Waals surface area contributed by atoms with Crippen LogP contribution < -0.4 is 4.74 Å². The summed E-state index contributed by atoms with van der Waals surface area (Å²) in [6.07, 6.45) is -0.349. The van der Waals surface area contributed by atoms with E-state index in [4.69, 9.17) is 14.3 Å². The summed E-state index contributed by atoms with van der Waals surface area (Å²) < 4.78 is 24.5. The van der Waals surface area contributed by atoms with Gasteiger partial charge in [-0.25, -0.2) is 9.37 Å². The third kappa shape index (κ3) is 3.12. The molecule has 0 aliphatic heterocycles. The molecule has 0 saturated heterocycles. The number of hydrogen-bond donors (Lipinski definition) is 1. The quantitative estimate of drug-likeness (QED) is 0.772. The number of aromatic nitrogens is 1. The van der Waals surface area contributed by atoms with Gasteiger partial charge in [-0.3, -0.25) is 4.79 Å². The lowest BCUT2D eigenvalue weighted by atomic mass is 10.1. The molecule has 122 valence electrons. The number of carboxylic acids is 1. The second-order valence-electron chi connectivity index (χ2n) is 5.07. The number of rotatable bonds is 5. The van der Waals surface area contributed by atoms with Crippen LogP contribution in [0.4, 0.5) is 4.39 Å². The van der Waals surface area contributed by atoms with Crippen LogP contribution in [-0.2, 0) is 11.2 Å². The highest BCUT2D eigenvalue weighted by Crippen LogP contribution is 2.34. The van der Waals surface area contributed by atoms with Gasteiger partial charge in [0.25, 0.3) is 0 Å². The van der Waals surface area contributed by atoms with Crippen molar-refractivity contribution < 1.29 is 23.4 Å². The third-order valence-corrected chi connectivity index (χ3v) is 3.44. The van der Waals surface area contributed by atoms with E-state index in [-0.39, 0.29) is 18.1 Å². The predicted octanol–water partition coefficient (Wildman–Crippen LogP) is 3.78. The number of aliphatic carboxylic acids is 1. The van der Waals surface area contributed by atoms with Crippen LogP contribution in [0.15, 0.2) is 52.9 Å². The van der Waals surface area contributed by atoms with Gasteiger partial charge in [0.15, 0.2) is 17.3 Å². The van der Waals surface area contributed by atoms with E-state index in [0.29, 0.717) is 17.0 Å². The number of ether oxygens (including phenoxy) is 1. The molecule has 3 rings (SSSR count). The standard InChI is InChI=1S/C18H14FNO4/c1-23-14-8-7-12(9-13(14)19)18-17(11-5-3-2-4-6-11)20-15(24-18)10-16(21)22/h2-9H,10H2,1H3,(H,21,22). The summed E-state index contributed by atoms with van der Waals surface area (Å²) in [5.74, 6) is -1.09. The fraction of sp³-hybridized carbons (Fsp3) is 0.111. The first kappa shape index (κ1) is 15.7. The Morgan fingerprint density at radius 3 is 2.58 bits per heavy atom. The molecule has 0 fully saturated rings. The maximum Gasteiger partial charge on any atom is 0.312 e. The lowest BCUT2D eigenvalue weighted by Crippen LogP contribution is -1.99. The smallest absolute Gasteiger partial charge is 0.312 e. The van der Waals surface area contributed by atoms with Gasteiger partial charge in [-0.15, -0.1) is 0 Å². The summed E-state index contributed by atoms with van der Waals surface area (Å²) in [5, 5.41) is 8.94. The molecule has 1 aromatic heterocycles. The van der Waals surface area contributed by atoms with Crippen LogP contribution in [0.25, 0.3) is 22.6 Å². The van der Waals surface area contributed by atoms with Gasteiger partial charge in [0.1, 0.15) is 12.1 Å². The van der Waals surface area contributed by atoms with E-state index >= 15 is 0 Å². The van der Waals surface area contributed by atoms with Crippen molar-refractivity contribution in [3.8, 4) is 28.3 Å². The van der Waals surface area contributed by atoms with E-state index in [0.717, 1.165) is 5.56 Å². The normalized spacial score (nSPS) is 10.6. The fourth-order valence-corrected chi connectivity index (χ4v) is 2.36. The highest BCUT2D eigenvalue weighted by atomic mass is 19.1. The zero-order chi connectivity index (χ0) is 17.1. The van der Waals surface area contributed by atoms with Gasteiger partial charge in [0, 0.05) is 11.1 Å². The van der Waals surface area contributed by atoms with Crippen LogP contribution in [0.5, 0.6) is 5.75 Å². The first-order valence-electron chi connectivity index (χ1n) is 7.19. The maximum absolute atomic E-state index is 14.0. The van der Waals surface area contributed by atoms with Crippen molar-refractivity contribution in [1.29, 1.82) is 0 Å². The van der Waals surface area contributed by atoms with Crippen LogP contribution in [0.2, 0.25) is 0 Å². The van der Waals surface area contributed by atoms with Crippen molar-refractivity contribution in [3.63, 3.8) is 0 Å². The number of oxazole rings is 1. The second-order valence-corrected chi connectivity index (χ2v) is 5.07. The van der Waals surface area contributed by atoms with Gasteiger partial charge in [-0.2, -0.15) is 0 Å². The van der Waals surface area contributed by atoms with Gasteiger partial charge >= 0.3 is 5.97 Å². The van der Waals surface area contributed by atoms with Crippen LogP contribution in [-0.4, -0.2) is 23.2 Å². The lowest BCUT2D eigenvalue weighted by molar-refractivity contribution is -0.136. The van der Waals surface area contributed by atoms with E-state index in [1.807, 2.05) is 30.3 Å². The van der Waals surface area contributed by atoms with E-state index in [2.05, 4.69) is 4.98 Å². The molecule has 0 aliphatic carbocycles. The van der Waals surface area contributed by atoms with Crippen molar-refractivity contribution >= 4 is 5.97 Å². The molecule has 1 N–H and O–H groups in total. The van der Waals surface area contributed by atoms with Gasteiger partial charge in [0.2, 0.25) is 5.89 Å². The zero-order valence-electron chi connectivity index (χ0n) is 12.8. The average molecular weight is 327 g/mol. The maximum atomic E-state index is 14.0. The topological polar surface area (TPSA) is 72.6 Å². The number of methoxy groups -OCH3 is 1. The minimum Gasteiger partial charge on any atom is -0.494 e. The largest absolute Gasteiger partial charge is 0.494 e. The number of halogens is 1. The van der Waals surface area contributed by atoms with Crippen LogP contribution in [0.1, 0.15) is 5.89 Å². The van der Waals surface area contributed by atoms with Crippen LogP contribution >= 0.6 is 0 Å². The second kappa shape index (κ2) is 6.54. The predicted molar refractivity (Wildman–Crippen MR) is 85.2 cm³/mol. The molecule has 3 aromatic rings. The van der Waals surface area contributed by atoms with Crippen molar-refractivity contribution in [2.75, 3.05) is 7.11 Å². The first-order chi connectivity index (χ1) is 11.6. The van der Waals surface area contributed by atoms with Crippen molar-refractivity contribution in [1.82, 2.24) is 4.98 Å². The number of benzene rings is 2. The summed E-state index contributed by atoms with van der Waals surface area (Å²) in [6.45, 7) is 0. The van der Waals surface area contributed by atoms with E-state index < -0.39 is 11.8 Å². The number of carbonyl (C=O) groups is 1. The Kier molecular flexibility index (Phi) is 4.29. The van der Waals surface area contributed by atoms with Crippen LogP contribution in [0, 0.1) is 5.82 Å². The van der Waals surface area contributed by atoms with Crippen LogP contribution in [0.3, 0.4) is 0 Å². The fourth-order valence-electron chi connectivity index (χ4n) is 2.36. The molecule has 0 unspecified atom stereocenters. The molecule has 0 saturated carbocycles. The summed E-state index contributed by atoms with van der Waals surface area (Å²) in [7, 11) is 1.38. The third-order valence-electron chi connectivity index (χ3n) is 3.44. The highest BCUT2D eigenvalue weighted by molar-refractivity contribution is 5.78. The number of nitrogens with zero attached hydrogens (tertiary/aromatic N) is 1. The zero-order valence-corrected chi connectivity index (χ0v) is 12.8. The SMILES string of the molecule is COc1ccc(-c2oc(CC(=O)O)nc2-c2ccccc2)cc1F. The molecule has 0 spiro atoms. The molecule has 0 bridgehead atoms. The van der Waals surface area contributed by atoms with Gasteiger partial charge in [-0.1, -0.05) is 30.3 Å². The lowest BCUT2D eigenvalue weighted by Gasteiger charge is -2.05. The number of carboxylic acid groups (broad SMARTS) is 1. The molecule has 0 aliphatic rings. The molecule has 6 heteroatoms. The Morgan fingerprint density at radius 2 is 1.96 bits per heavy atom. The molecule has 0 atom stereocenters. The van der Waals surface area contributed by atoms with Crippen molar-refractivity contribution in [2.45, 2.75) is 6.42 Å². The van der Waals surface area contributed by atoms with Gasteiger partial charge in [-0.05, 0) is 18.2 Å². The number of hydrogen-bond acceptors (Lipinski definition) is 4. The Labute approximate surface area is 137 Å². The molecule has 1 heterocycles. The molecule has 24 heavy (non-hydrogen) atoms.